The number of H-pyrrole nitrogens is 1. The molecule has 1 aromatic rings. The van der Waals surface area contributed by atoms with Gasteiger partial charge < -0.3 is 5.73 Å². The van der Waals surface area contributed by atoms with Gasteiger partial charge in [-0.25, -0.2) is 4.68 Å². The quantitative estimate of drug-likeness (QED) is 0.366. The molecule has 0 spiro atoms. The summed E-state index contributed by atoms with van der Waals surface area (Å²) in [7, 11) is 0. The van der Waals surface area contributed by atoms with Crippen LogP contribution in [0.15, 0.2) is 9.59 Å². The van der Waals surface area contributed by atoms with Gasteiger partial charge in [-0.2, -0.15) is 0 Å². The second-order valence-electron chi connectivity index (χ2n) is 3.64. The van der Waals surface area contributed by atoms with Crippen LogP contribution in [0.5, 0.6) is 0 Å². The number of primary amides is 1. The van der Waals surface area contributed by atoms with Gasteiger partial charge in [-0.3, -0.25) is 39.9 Å². The largest absolute Gasteiger partial charge is 0.361 e. The lowest BCUT2D eigenvalue weighted by Gasteiger charge is -2.07. The molecule has 5 N–H and O–H groups in total. The SMILES string of the molecule is NC(=O)C(=O)NNC(=O)CCn1[nH]c(=O)c(Cl)c(Cl)c1=O. The molecule has 114 valence electrons. The molecule has 0 aromatic carbocycles. The molecule has 0 aliphatic carbocycles. The summed E-state index contributed by atoms with van der Waals surface area (Å²) in [6.07, 6.45) is -0.299. The van der Waals surface area contributed by atoms with Crippen LogP contribution in [0.4, 0.5) is 0 Å². The Morgan fingerprint density at radius 3 is 2.33 bits per heavy atom. The van der Waals surface area contributed by atoms with Gasteiger partial charge in [0.05, 0.1) is 6.54 Å². The summed E-state index contributed by atoms with van der Waals surface area (Å²) >= 11 is 11.0. The minimum Gasteiger partial charge on any atom is -0.361 e. The predicted octanol–water partition coefficient (Wildman–Crippen LogP) is -2.13. The number of rotatable bonds is 3. The number of aryl methyl sites for hydroxylation is 1. The molecule has 0 bridgehead atoms. The topological polar surface area (TPSA) is 156 Å². The fourth-order valence-corrected chi connectivity index (χ4v) is 1.47. The van der Waals surface area contributed by atoms with Gasteiger partial charge in [0.15, 0.2) is 0 Å². The maximum Gasteiger partial charge on any atom is 0.327 e. The first kappa shape index (κ1) is 16.7. The summed E-state index contributed by atoms with van der Waals surface area (Å²) < 4.78 is 0.784. The van der Waals surface area contributed by atoms with Crippen molar-refractivity contribution in [2.24, 2.45) is 5.73 Å². The number of hydrogen-bond donors (Lipinski definition) is 4. The molecule has 0 unspecified atom stereocenters. The van der Waals surface area contributed by atoms with E-state index in [2.05, 4.69) is 10.8 Å². The molecule has 3 amide bonds. The van der Waals surface area contributed by atoms with Crippen molar-refractivity contribution < 1.29 is 14.4 Å². The lowest BCUT2D eigenvalue weighted by atomic mass is 10.4. The standard InChI is InChI=1S/C9H9Cl2N5O5/c10-4-5(11)9(21)16(15-7(4)19)2-1-3(17)13-14-8(20)6(12)18/h1-2H2,(H2,12,18)(H,13,17)(H,14,20)(H,15,19). The lowest BCUT2D eigenvalue weighted by molar-refractivity contribution is -0.139. The van der Waals surface area contributed by atoms with Crippen molar-refractivity contribution in [2.75, 3.05) is 0 Å². The average molecular weight is 338 g/mol. The molecule has 0 aliphatic rings. The van der Waals surface area contributed by atoms with Crippen LogP contribution in [-0.2, 0) is 20.9 Å². The first-order valence-corrected chi connectivity index (χ1v) is 6.06. The summed E-state index contributed by atoms with van der Waals surface area (Å²) in [4.78, 5) is 55.4. The number of aromatic amines is 1. The third-order valence-corrected chi connectivity index (χ3v) is 2.97. The van der Waals surface area contributed by atoms with Gasteiger partial charge in [0.2, 0.25) is 5.91 Å². The Hall–Kier alpha value is -2.33. The number of carbonyl (C=O) groups excluding carboxylic acids is 3. The fraction of sp³-hybridized carbons (Fsp3) is 0.222. The summed E-state index contributed by atoms with van der Waals surface area (Å²) in [5.74, 6) is -3.22. The zero-order valence-electron chi connectivity index (χ0n) is 10.2. The Kier molecular flexibility index (Phi) is 5.50. The maximum absolute atomic E-state index is 11.6. The Morgan fingerprint density at radius 2 is 1.76 bits per heavy atom. The highest BCUT2D eigenvalue weighted by Crippen LogP contribution is 2.10. The van der Waals surface area contributed by atoms with E-state index < -0.39 is 38.9 Å². The van der Waals surface area contributed by atoms with Crippen molar-refractivity contribution in [3.05, 3.63) is 30.8 Å². The Bertz CT molecular complexity index is 709. The second-order valence-corrected chi connectivity index (χ2v) is 4.40. The third kappa shape index (κ3) is 4.33. The molecule has 0 fully saturated rings. The zero-order valence-corrected chi connectivity index (χ0v) is 11.7. The molecule has 0 saturated carbocycles. The summed E-state index contributed by atoms with van der Waals surface area (Å²) in [5.41, 5.74) is 6.70. The van der Waals surface area contributed by atoms with Crippen LogP contribution >= 0.6 is 23.2 Å². The van der Waals surface area contributed by atoms with Gasteiger partial charge in [0.25, 0.3) is 11.1 Å². The molecule has 12 heteroatoms. The van der Waals surface area contributed by atoms with Crippen molar-refractivity contribution in [2.45, 2.75) is 13.0 Å². The Morgan fingerprint density at radius 1 is 1.14 bits per heavy atom. The van der Waals surface area contributed by atoms with Crippen molar-refractivity contribution in [3.8, 4) is 0 Å². The van der Waals surface area contributed by atoms with Gasteiger partial charge in [-0.1, -0.05) is 23.2 Å². The number of nitrogens with two attached hydrogens (primary N) is 1. The van der Waals surface area contributed by atoms with E-state index in [0.29, 0.717) is 0 Å². The van der Waals surface area contributed by atoms with E-state index in [1.165, 1.54) is 0 Å². The van der Waals surface area contributed by atoms with E-state index in [1.807, 2.05) is 5.43 Å². The van der Waals surface area contributed by atoms with Crippen molar-refractivity contribution in [1.29, 1.82) is 0 Å². The number of nitrogens with one attached hydrogen (secondary N) is 3. The van der Waals surface area contributed by atoms with E-state index in [1.54, 1.807) is 5.43 Å². The molecule has 0 atom stereocenters. The number of carbonyl (C=O) groups is 3. The van der Waals surface area contributed by atoms with E-state index >= 15 is 0 Å². The molecule has 1 rings (SSSR count). The van der Waals surface area contributed by atoms with Gasteiger partial charge in [0.1, 0.15) is 10.0 Å². The van der Waals surface area contributed by atoms with Gasteiger partial charge >= 0.3 is 11.8 Å². The number of amides is 3. The summed E-state index contributed by atoms with van der Waals surface area (Å²) in [6.45, 7) is -0.233. The minimum atomic E-state index is -1.28. The normalized spacial score (nSPS) is 10.0. The van der Waals surface area contributed by atoms with Crippen molar-refractivity contribution in [1.82, 2.24) is 20.6 Å². The number of halogens is 2. The number of hydrogen-bond acceptors (Lipinski definition) is 5. The molecule has 0 aliphatic heterocycles. The van der Waals surface area contributed by atoms with Crippen LogP contribution in [0.25, 0.3) is 0 Å². The van der Waals surface area contributed by atoms with E-state index in [4.69, 9.17) is 23.2 Å². The van der Waals surface area contributed by atoms with Gasteiger partial charge in [-0.15, -0.1) is 0 Å². The third-order valence-electron chi connectivity index (χ3n) is 2.16. The number of aromatic nitrogens is 2. The lowest BCUT2D eigenvalue weighted by Crippen LogP contribution is -2.47. The molecular formula is C9H9Cl2N5O5. The van der Waals surface area contributed by atoms with Crippen LogP contribution in [0, 0.1) is 0 Å². The van der Waals surface area contributed by atoms with Gasteiger partial charge in [-0.05, 0) is 0 Å². The van der Waals surface area contributed by atoms with E-state index in [0.717, 1.165) is 4.68 Å². The monoisotopic (exact) mass is 337 g/mol. The summed E-state index contributed by atoms with van der Waals surface area (Å²) in [5, 5.41) is 1.20. The highest BCUT2D eigenvalue weighted by atomic mass is 35.5. The Labute approximate surface area is 126 Å². The smallest absolute Gasteiger partial charge is 0.327 e. The van der Waals surface area contributed by atoms with Crippen LogP contribution in [0.2, 0.25) is 10.0 Å². The van der Waals surface area contributed by atoms with Crippen LogP contribution in [0.3, 0.4) is 0 Å². The molecule has 10 nitrogen and oxygen atoms in total. The Balaban J connectivity index is 2.66. The highest BCUT2D eigenvalue weighted by molar-refractivity contribution is 6.41. The maximum atomic E-state index is 11.6. The fourth-order valence-electron chi connectivity index (χ4n) is 1.16. The first-order chi connectivity index (χ1) is 9.73. The molecule has 1 heterocycles. The van der Waals surface area contributed by atoms with E-state index in [9.17, 15) is 24.0 Å². The first-order valence-electron chi connectivity index (χ1n) is 5.30. The van der Waals surface area contributed by atoms with Crippen molar-refractivity contribution in [3.63, 3.8) is 0 Å². The van der Waals surface area contributed by atoms with E-state index in [-0.39, 0.29) is 13.0 Å². The molecule has 0 radical (unpaired) electrons. The highest BCUT2D eigenvalue weighted by Gasteiger charge is 2.13. The molecule has 1 aromatic heterocycles. The molecule has 0 saturated heterocycles. The van der Waals surface area contributed by atoms with Crippen molar-refractivity contribution >= 4 is 40.9 Å². The van der Waals surface area contributed by atoms with Crippen LogP contribution in [-0.4, -0.2) is 27.5 Å². The number of nitrogens with zero attached hydrogens (tertiary/aromatic N) is 1. The minimum absolute atomic E-state index is 0.233. The zero-order chi connectivity index (χ0) is 16.2. The summed E-state index contributed by atoms with van der Waals surface area (Å²) in [6, 6.07) is 0. The van der Waals surface area contributed by atoms with Crippen LogP contribution < -0.4 is 27.7 Å². The second kappa shape index (κ2) is 6.90. The predicted molar refractivity (Wildman–Crippen MR) is 71.4 cm³/mol. The van der Waals surface area contributed by atoms with Crippen LogP contribution in [0.1, 0.15) is 6.42 Å². The molecule has 21 heavy (non-hydrogen) atoms. The van der Waals surface area contributed by atoms with Gasteiger partial charge in [0, 0.05) is 6.42 Å². The molecular weight excluding hydrogens is 329 g/mol. The average Bonchev–Trinajstić information content (AvgIpc) is 2.44. The number of hydrazine groups is 1.